The lowest BCUT2D eigenvalue weighted by Crippen LogP contribution is -2.31. The fourth-order valence-corrected chi connectivity index (χ4v) is 1.80. The first-order chi connectivity index (χ1) is 6.59. The summed E-state index contributed by atoms with van der Waals surface area (Å²) in [4.78, 5) is 23.9. The fourth-order valence-electron chi connectivity index (χ4n) is 1.80. The van der Waals surface area contributed by atoms with Crippen LogP contribution in [0.3, 0.4) is 0 Å². The number of hydrogen-bond acceptors (Lipinski definition) is 2. The van der Waals surface area contributed by atoms with Crippen molar-refractivity contribution in [1.29, 1.82) is 0 Å². The van der Waals surface area contributed by atoms with E-state index in [1.165, 1.54) is 12.8 Å². The lowest BCUT2D eigenvalue weighted by molar-refractivity contribution is -0.141. The molecule has 0 heterocycles. The number of carbonyl (C=O) groups is 2. The second-order valence-electron chi connectivity index (χ2n) is 4.45. The van der Waals surface area contributed by atoms with Crippen LogP contribution >= 0.6 is 0 Å². The summed E-state index contributed by atoms with van der Waals surface area (Å²) in [5, 5.41) is 8.68. The third-order valence-corrected chi connectivity index (χ3v) is 3.03. The van der Waals surface area contributed by atoms with Gasteiger partial charge in [-0.25, -0.2) is 0 Å². The van der Waals surface area contributed by atoms with Gasteiger partial charge in [-0.05, 0) is 25.2 Å². The van der Waals surface area contributed by atoms with Gasteiger partial charge in [0.25, 0.3) is 0 Å². The minimum absolute atomic E-state index is 0.0179. The molecule has 2 unspecified atom stereocenters. The maximum absolute atomic E-state index is 11.6. The van der Waals surface area contributed by atoms with Crippen molar-refractivity contribution in [2.75, 3.05) is 13.6 Å². The van der Waals surface area contributed by atoms with Crippen molar-refractivity contribution in [3.05, 3.63) is 0 Å². The molecule has 2 atom stereocenters. The summed E-state index contributed by atoms with van der Waals surface area (Å²) in [6, 6.07) is 0. The molecule has 2 saturated carbocycles. The lowest BCUT2D eigenvalue weighted by atomic mass is 10.2. The number of hydrogen-bond donors (Lipinski definition) is 1. The molecule has 4 nitrogen and oxygen atoms in total. The van der Waals surface area contributed by atoms with Gasteiger partial charge in [0.15, 0.2) is 0 Å². The Labute approximate surface area is 82.9 Å². The zero-order valence-electron chi connectivity index (χ0n) is 8.27. The zero-order chi connectivity index (χ0) is 10.3. The van der Waals surface area contributed by atoms with Crippen molar-refractivity contribution in [3.63, 3.8) is 0 Å². The first-order valence-electron chi connectivity index (χ1n) is 5.07. The summed E-state index contributed by atoms with van der Waals surface area (Å²) in [5.74, 6) is -0.793. The van der Waals surface area contributed by atoms with Crippen LogP contribution in [0.1, 0.15) is 19.3 Å². The van der Waals surface area contributed by atoms with Gasteiger partial charge in [0.2, 0.25) is 5.91 Å². The fraction of sp³-hybridized carbons (Fsp3) is 0.800. The minimum Gasteiger partial charge on any atom is -0.481 e. The number of aliphatic carboxylic acids is 1. The Balaban J connectivity index is 1.80. The van der Waals surface area contributed by atoms with Gasteiger partial charge in [0, 0.05) is 13.6 Å². The highest BCUT2D eigenvalue weighted by atomic mass is 16.4. The van der Waals surface area contributed by atoms with E-state index in [1.54, 1.807) is 11.9 Å². The zero-order valence-corrected chi connectivity index (χ0v) is 8.27. The third kappa shape index (κ3) is 1.89. The second kappa shape index (κ2) is 3.26. The van der Waals surface area contributed by atoms with Crippen LogP contribution in [0.25, 0.3) is 0 Å². The topological polar surface area (TPSA) is 57.6 Å². The molecule has 0 aliphatic heterocycles. The number of carboxylic acids is 1. The molecule has 0 aromatic carbocycles. The lowest BCUT2D eigenvalue weighted by Gasteiger charge is -2.16. The Bertz CT molecular complexity index is 273. The molecular formula is C10H15NO3. The van der Waals surface area contributed by atoms with Crippen LogP contribution in [0.5, 0.6) is 0 Å². The van der Waals surface area contributed by atoms with Gasteiger partial charge in [-0.15, -0.1) is 0 Å². The Morgan fingerprint density at radius 2 is 2.00 bits per heavy atom. The Kier molecular flexibility index (Phi) is 2.21. The number of carboxylic acid groups (broad SMARTS) is 1. The molecule has 4 heteroatoms. The Morgan fingerprint density at radius 1 is 1.36 bits per heavy atom. The number of rotatable bonds is 4. The van der Waals surface area contributed by atoms with E-state index in [4.69, 9.17) is 5.11 Å². The molecule has 2 aliphatic rings. The van der Waals surface area contributed by atoms with E-state index in [2.05, 4.69) is 0 Å². The number of amides is 1. The van der Waals surface area contributed by atoms with E-state index in [-0.39, 0.29) is 11.8 Å². The molecule has 14 heavy (non-hydrogen) atoms. The molecule has 0 radical (unpaired) electrons. The predicted molar refractivity (Wildman–Crippen MR) is 49.6 cm³/mol. The van der Waals surface area contributed by atoms with E-state index in [1.807, 2.05) is 0 Å². The molecular weight excluding hydrogens is 182 g/mol. The van der Waals surface area contributed by atoms with Crippen molar-refractivity contribution < 1.29 is 14.7 Å². The second-order valence-corrected chi connectivity index (χ2v) is 4.45. The van der Waals surface area contributed by atoms with Crippen molar-refractivity contribution >= 4 is 11.9 Å². The smallest absolute Gasteiger partial charge is 0.307 e. The van der Waals surface area contributed by atoms with Crippen LogP contribution in [0.2, 0.25) is 0 Å². The Morgan fingerprint density at radius 3 is 2.43 bits per heavy atom. The summed E-state index contributed by atoms with van der Waals surface area (Å²) in [6.45, 7) is 0.807. The van der Waals surface area contributed by atoms with Gasteiger partial charge in [0.1, 0.15) is 0 Å². The average molecular weight is 197 g/mol. The highest BCUT2D eigenvalue weighted by Crippen LogP contribution is 2.40. The van der Waals surface area contributed by atoms with E-state index >= 15 is 0 Å². The monoisotopic (exact) mass is 197 g/mol. The molecule has 1 N–H and O–H groups in total. The van der Waals surface area contributed by atoms with Crippen molar-refractivity contribution in [3.8, 4) is 0 Å². The van der Waals surface area contributed by atoms with Gasteiger partial charge < -0.3 is 10.0 Å². The molecule has 0 aromatic rings. The first-order valence-corrected chi connectivity index (χ1v) is 5.07. The summed E-state index contributed by atoms with van der Waals surface area (Å²) in [7, 11) is 1.78. The molecule has 78 valence electrons. The van der Waals surface area contributed by atoms with Crippen LogP contribution < -0.4 is 0 Å². The third-order valence-electron chi connectivity index (χ3n) is 3.03. The van der Waals surface area contributed by atoms with E-state index in [9.17, 15) is 9.59 Å². The molecule has 2 fully saturated rings. The number of carbonyl (C=O) groups excluding carboxylic acids is 1. The van der Waals surface area contributed by atoms with Gasteiger partial charge in [-0.1, -0.05) is 0 Å². The summed E-state index contributed by atoms with van der Waals surface area (Å²) in [6.07, 6.45) is 2.96. The predicted octanol–water partition coefficient (Wildman–Crippen LogP) is 0.575. The van der Waals surface area contributed by atoms with Gasteiger partial charge >= 0.3 is 5.97 Å². The van der Waals surface area contributed by atoms with Crippen molar-refractivity contribution in [2.24, 2.45) is 17.8 Å². The maximum atomic E-state index is 11.6. The van der Waals surface area contributed by atoms with E-state index < -0.39 is 11.9 Å². The first kappa shape index (κ1) is 9.49. The van der Waals surface area contributed by atoms with Crippen LogP contribution in [-0.2, 0) is 9.59 Å². The average Bonchev–Trinajstić information content (AvgIpc) is 2.97. The minimum atomic E-state index is -0.830. The van der Waals surface area contributed by atoms with Gasteiger partial charge in [-0.3, -0.25) is 9.59 Å². The maximum Gasteiger partial charge on any atom is 0.307 e. The van der Waals surface area contributed by atoms with E-state index in [0.29, 0.717) is 12.3 Å². The van der Waals surface area contributed by atoms with Crippen LogP contribution in [0.4, 0.5) is 0 Å². The molecule has 0 bridgehead atoms. The quantitative estimate of drug-likeness (QED) is 0.717. The SMILES string of the molecule is CN(CC1CC1)C(=O)C1CC1C(=O)O. The standard InChI is InChI=1S/C10H15NO3/c1-11(5-6-2-3-6)9(12)7-4-8(7)10(13)14/h6-8H,2-5H2,1H3,(H,13,14). The molecule has 1 amide bonds. The highest BCUT2D eigenvalue weighted by molar-refractivity contribution is 5.89. The van der Waals surface area contributed by atoms with Crippen molar-refractivity contribution in [2.45, 2.75) is 19.3 Å². The molecule has 2 aliphatic carbocycles. The van der Waals surface area contributed by atoms with Gasteiger partial charge in [0.05, 0.1) is 11.8 Å². The molecule has 0 aromatic heterocycles. The largest absolute Gasteiger partial charge is 0.481 e. The normalized spacial score (nSPS) is 29.8. The van der Waals surface area contributed by atoms with E-state index in [0.717, 1.165) is 6.54 Å². The molecule has 2 rings (SSSR count). The van der Waals surface area contributed by atoms with Crippen LogP contribution in [0, 0.1) is 17.8 Å². The molecule has 0 saturated heterocycles. The van der Waals surface area contributed by atoms with Crippen LogP contribution in [-0.4, -0.2) is 35.5 Å². The van der Waals surface area contributed by atoms with Crippen molar-refractivity contribution in [1.82, 2.24) is 4.90 Å². The number of nitrogens with zero attached hydrogens (tertiary/aromatic N) is 1. The summed E-state index contributed by atoms with van der Waals surface area (Å²) in [5.41, 5.74) is 0. The molecule has 0 spiro atoms. The Hall–Kier alpha value is -1.06. The summed E-state index contributed by atoms with van der Waals surface area (Å²) >= 11 is 0. The van der Waals surface area contributed by atoms with Gasteiger partial charge in [-0.2, -0.15) is 0 Å². The summed E-state index contributed by atoms with van der Waals surface area (Å²) < 4.78 is 0. The highest BCUT2D eigenvalue weighted by Gasteiger charge is 2.49. The van der Waals surface area contributed by atoms with Crippen LogP contribution in [0.15, 0.2) is 0 Å².